The predicted octanol–water partition coefficient (Wildman–Crippen LogP) is 3.46. The largest absolute Gasteiger partial charge is 0.451 e. The highest BCUT2D eigenvalue weighted by Crippen LogP contribution is 2.30. The second-order valence-electron chi connectivity index (χ2n) is 4.88. The number of nitrogens with zero attached hydrogens (tertiary/aromatic N) is 1. The Morgan fingerprint density at radius 1 is 1.17 bits per heavy atom. The van der Waals surface area contributed by atoms with Gasteiger partial charge in [0.05, 0.1) is 10.9 Å². The Labute approximate surface area is 132 Å². The van der Waals surface area contributed by atoms with Gasteiger partial charge >= 0.3 is 6.18 Å². The Morgan fingerprint density at radius 3 is 2.62 bits per heavy atom. The molecule has 0 radical (unpaired) electrons. The lowest BCUT2D eigenvalue weighted by molar-refractivity contribution is -0.152. The van der Waals surface area contributed by atoms with Crippen molar-refractivity contribution < 1.29 is 22.4 Å². The summed E-state index contributed by atoms with van der Waals surface area (Å²) >= 11 is 0. The summed E-state index contributed by atoms with van der Waals surface area (Å²) in [6, 6.07) is 7.32. The molecule has 0 bridgehead atoms. The highest BCUT2D eigenvalue weighted by Gasteiger charge is 2.34. The van der Waals surface area contributed by atoms with Crippen molar-refractivity contribution in [1.82, 2.24) is 4.98 Å². The molecule has 0 fully saturated rings. The van der Waals surface area contributed by atoms with Gasteiger partial charge < -0.3 is 9.73 Å². The van der Waals surface area contributed by atoms with Gasteiger partial charge in [0.25, 0.3) is 5.91 Å². The van der Waals surface area contributed by atoms with Crippen LogP contribution in [0.25, 0.3) is 11.0 Å². The number of nitrogens with one attached hydrogen (secondary N) is 1. The Hall–Kier alpha value is -3.16. The second-order valence-corrected chi connectivity index (χ2v) is 4.88. The normalized spacial score (nSPS) is 11.5. The first-order chi connectivity index (χ1) is 11.3. The van der Waals surface area contributed by atoms with Crippen molar-refractivity contribution in [2.24, 2.45) is 0 Å². The number of anilines is 1. The minimum atomic E-state index is -4.75. The summed E-state index contributed by atoms with van der Waals surface area (Å²) in [6.07, 6.45) is -1.88. The van der Waals surface area contributed by atoms with Crippen molar-refractivity contribution in [1.29, 1.82) is 0 Å². The maximum absolute atomic E-state index is 12.6. The molecule has 5 nitrogen and oxygen atoms in total. The van der Waals surface area contributed by atoms with Gasteiger partial charge in [-0.1, -0.05) is 0 Å². The van der Waals surface area contributed by atoms with E-state index >= 15 is 0 Å². The molecule has 0 unspecified atom stereocenters. The Bertz CT molecular complexity index is 966. The number of alkyl halides is 3. The van der Waals surface area contributed by atoms with E-state index in [4.69, 9.17) is 4.42 Å². The third-order valence-corrected chi connectivity index (χ3v) is 3.19. The fourth-order valence-electron chi connectivity index (χ4n) is 2.07. The van der Waals surface area contributed by atoms with E-state index < -0.39 is 23.3 Å². The van der Waals surface area contributed by atoms with Crippen molar-refractivity contribution in [3.8, 4) is 0 Å². The number of amides is 1. The monoisotopic (exact) mass is 334 g/mol. The Balaban J connectivity index is 1.96. The van der Waals surface area contributed by atoms with Gasteiger partial charge in [-0.2, -0.15) is 13.2 Å². The average molecular weight is 334 g/mol. The molecule has 3 aromatic rings. The SMILES string of the molecule is O=C(Nc1ccc2oc(C(F)(F)F)cc(=O)c2c1)c1cccnc1. The van der Waals surface area contributed by atoms with Gasteiger partial charge in [0, 0.05) is 24.1 Å². The third-order valence-electron chi connectivity index (χ3n) is 3.19. The fraction of sp³-hybridized carbons (Fsp3) is 0.0625. The topological polar surface area (TPSA) is 72.2 Å². The van der Waals surface area contributed by atoms with Crippen LogP contribution in [0, 0.1) is 0 Å². The van der Waals surface area contributed by atoms with Crippen molar-refractivity contribution in [2.75, 3.05) is 5.32 Å². The third kappa shape index (κ3) is 3.12. The van der Waals surface area contributed by atoms with E-state index in [9.17, 15) is 22.8 Å². The van der Waals surface area contributed by atoms with Crippen LogP contribution in [0.5, 0.6) is 0 Å². The molecule has 2 aromatic heterocycles. The highest BCUT2D eigenvalue weighted by atomic mass is 19.4. The number of hydrogen-bond donors (Lipinski definition) is 1. The van der Waals surface area contributed by atoms with Crippen molar-refractivity contribution in [3.05, 3.63) is 70.3 Å². The average Bonchev–Trinajstić information content (AvgIpc) is 2.55. The fourth-order valence-corrected chi connectivity index (χ4v) is 2.07. The van der Waals surface area contributed by atoms with Crippen molar-refractivity contribution >= 4 is 22.6 Å². The number of carbonyl (C=O) groups excluding carboxylic acids is 1. The molecule has 1 N–H and O–H groups in total. The molecule has 3 rings (SSSR count). The number of carbonyl (C=O) groups is 1. The maximum Gasteiger partial charge on any atom is 0.449 e. The highest BCUT2D eigenvalue weighted by molar-refractivity contribution is 6.04. The van der Waals surface area contributed by atoms with E-state index in [0.29, 0.717) is 11.6 Å². The molecule has 0 saturated carbocycles. The predicted molar refractivity (Wildman–Crippen MR) is 79.7 cm³/mol. The van der Waals surface area contributed by atoms with E-state index in [1.165, 1.54) is 30.6 Å². The summed E-state index contributed by atoms with van der Waals surface area (Å²) in [7, 11) is 0. The van der Waals surface area contributed by atoms with Crippen molar-refractivity contribution in [3.63, 3.8) is 0 Å². The molecule has 122 valence electrons. The first kappa shape index (κ1) is 15.7. The zero-order valence-electron chi connectivity index (χ0n) is 11.9. The van der Waals surface area contributed by atoms with Crippen LogP contribution in [0.4, 0.5) is 18.9 Å². The van der Waals surface area contributed by atoms with Crippen LogP contribution in [0.1, 0.15) is 16.1 Å². The van der Waals surface area contributed by atoms with Crippen LogP contribution in [-0.2, 0) is 6.18 Å². The number of aromatic nitrogens is 1. The quantitative estimate of drug-likeness (QED) is 0.779. The Kier molecular flexibility index (Phi) is 3.80. The zero-order valence-corrected chi connectivity index (χ0v) is 11.9. The van der Waals surface area contributed by atoms with Gasteiger partial charge in [0.2, 0.25) is 5.76 Å². The van der Waals surface area contributed by atoms with E-state index in [2.05, 4.69) is 10.3 Å². The summed E-state index contributed by atoms with van der Waals surface area (Å²) in [4.78, 5) is 27.7. The van der Waals surface area contributed by atoms with Gasteiger partial charge in [0.15, 0.2) is 5.43 Å². The van der Waals surface area contributed by atoms with Gasteiger partial charge in [-0.15, -0.1) is 0 Å². The van der Waals surface area contributed by atoms with Gasteiger partial charge in [0.1, 0.15) is 5.58 Å². The Morgan fingerprint density at radius 2 is 1.96 bits per heavy atom. The molecule has 2 heterocycles. The summed E-state index contributed by atoms with van der Waals surface area (Å²) in [5, 5.41) is 2.48. The maximum atomic E-state index is 12.6. The number of benzene rings is 1. The van der Waals surface area contributed by atoms with Gasteiger partial charge in [-0.05, 0) is 30.3 Å². The van der Waals surface area contributed by atoms with Crippen LogP contribution >= 0.6 is 0 Å². The minimum Gasteiger partial charge on any atom is -0.451 e. The molecule has 1 amide bonds. The molecule has 0 aliphatic carbocycles. The van der Waals surface area contributed by atoms with Gasteiger partial charge in [-0.25, -0.2) is 0 Å². The minimum absolute atomic E-state index is 0.0630. The summed E-state index contributed by atoms with van der Waals surface area (Å²) in [5.41, 5.74) is -0.504. The lowest BCUT2D eigenvalue weighted by atomic mass is 10.2. The second kappa shape index (κ2) is 5.80. The first-order valence-corrected chi connectivity index (χ1v) is 6.71. The van der Waals surface area contributed by atoms with Crippen LogP contribution in [-0.4, -0.2) is 10.9 Å². The van der Waals surface area contributed by atoms with Crippen LogP contribution < -0.4 is 10.7 Å². The molecule has 0 aliphatic rings. The molecule has 0 aliphatic heterocycles. The van der Waals surface area contributed by atoms with E-state index in [1.54, 1.807) is 12.1 Å². The number of rotatable bonds is 2. The van der Waals surface area contributed by atoms with E-state index in [1.807, 2.05) is 0 Å². The summed E-state index contributed by atoms with van der Waals surface area (Å²) in [5.74, 6) is -1.83. The first-order valence-electron chi connectivity index (χ1n) is 6.71. The molecule has 1 aromatic carbocycles. The smallest absolute Gasteiger partial charge is 0.449 e. The molecular formula is C16H9F3N2O3. The summed E-state index contributed by atoms with van der Waals surface area (Å²) < 4.78 is 42.6. The number of hydrogen-bond acceptors (Lipinski definition) is 4. The van der Waals surface area contributed by atoms with Gasteiger partial charge in [-0.3, -0.25) is 14.6 Å². The van der Waals surface area contributed by atoms with Crippen molar-refractivity contribution in [2.45, 2.75) is 6.18 Å². The molecule has 24 heavy (non-hydrogen) atoms. The lowest BCUT2D eigenvalue weighted by Gasteiger charge is -2.08. The van der Waals surface area contributed by atoms with E-state index in [0.717, 1.165) is 0 Å². The molecule has 0 spiro atoms. The lowest BCUT2D eigenvalue weighted by Crippen LogP contribution is -2.13. The van der Waals surface area contributed by atoms with Crippen LogP contribution in [0.2, 0.25) is 0 Å². The standard InChI is InChI=1S/C16H9F3N2O3/c17-16(18,19)14-7-12(22)11-6-10(3-4-13(11)24-14)21-15(23)9-2-1-5-20-8-9/h1-8H,(H,21,23). The summed E-state index contributed by atoms with van der Waals surface area (Å²) in [6.45, 7) is 0. The molecular weight excluding hydrogens is 325 g/mol. The number of fused-ring (bicyclic) bond motifs is 1. The number of halogens is 3. The van der Waals surface area contributed by atoms with Crippen LogP contribution in [0.3, 0.4) is 0 Å². The molecule has 8 heteroatoms. The number of pyridine rings is 1. The molecule has 0 saturated heterocycles. The van der Waals surface area contributed by atoms with E-state index in [-0.39, 0.29) is 16.7 Å². The zero-order chi connectivity index (χ0) is 17.3. The molecule has 0 atom stereocenters. The van der Waals surface area contributed by atoms with Crippen LogP contribution in [0.15, 0.2) is 58.0 Å².